The molecule has 1 fully saturated rings. The molecule has 27 heavy (non-hydrogen) atoms. The van der Waals surface area contributed by atoms with Gasteiger partial charge >= 0.3 is 0 Å². The maximum absolute atomic E-state index is 12.8. The first-order valence-electron chi connectivity index (χ1n) is 9.28. The van der Waals surface area contributed by atoms with Gasteiger partial charge in [0.15, 0.2) is 6.61 Å². The van der Waals surface area contributed by atoms with E-state index in [-0.39, 0.29) is 18.5 Å². The number of ether oxygens (including phenoxy) is 2. The van der Waals surface area contributed by atoms with E-state index in [1.165, 1.54) is 0 Å². The SMILES string of the molecule is Cc1cc(C(=O)COc2nncc3ccccc23)c(C)n1CC1CCCO1. The topological polar surface area (TPSA) is 66.2 Å². The molecule has 1 saturated heterocycles. The molecule has 6 nitrogen and oxygen atoms in total. The van der Waals surface area contributed by atoms with Crippen LogP contribution in [0.2, 0.25) is 0 Å². The van der Waals surface area contributed by atoms with Crippen LogP contribution in [0.15, 0.2) is 36.5 Å². The van der Waals surface area contributed by atoms with Gasteiger partial charge in [-0.15, -0.1) is 5.10 Å². The van der Waals surface area contributed by atoms with E-state index in [0.717, 1.165) is 48.2 Å². The number of aryl methyl sites for hydroxylation is 1. The fourth-order valence-corrected chi connectivity index (χ4v) is 3.68. The molecule has 1 aliphatic heterocycles. The van der Waals surface area contributed by atoms with Crippen molar-refractivity contribution in [1.29, 1.82) is 0 Å². The van der Waals surface area contributed by atoms with Crippen LogP contribution < -0.4 is 4.74 Å². The monoisotopic (exact) mass is 365 g/mol. The van der Waals surface area contributed by atoms with Gasteiger partial charge in [-0.3, -0.25) is 4.79 Å². The molecule has 0 saturated carbocycles. The summed E-state index contributed by atoms with van der Waals surface area (Å²) in [4.78, 5) is 12.8. The van der Waals surface area contributed by atoms with Gasteiger partial charge in [-0.1, -0.05) is 18.2 Å². The lowest BCUT2D eigenvalue weighted by Gasteiger charge is -2.14. The molecule has 0 radical (unpaired) electrons. The van der Waals surface area contributed by atoms with Gasteiger partial charge in [-0.25, -0.2) is 0 Å². The Morgan fingerprint density at radius 2 is 2.19 bits per heavy atom. The summed E-state index contributed by atoms with van der Waals surface area (Å²) in [5, 5.41) is 9.78. The summed E-state index contributed by atoms with van der Waals surface area (Å²) in [7, 11) is 0. The summed E-state index contributed by atoms with van der Waals surface area (Å²) < 4.78 is 13.6. The van der Waals surface area contributed by atoms with Crippen molar-refractivity contribution >= 4 is 16.6 Å². The number of Topliss-reactive ketones (excluding diaryl/α,β-unsaturated/α-hetero) is 1. The quantitative estimate of drug-likeness (QED) is 0.626. The minimum atomic E-state index is -0.0626. The number of benzene rings is 1. The number of hydrogen-bond donors (Lipinski definition) is 0. The number of carbonyl (C=O) groups excluding carboxylic acids is 1. The zero-order chi connectivity index (χ0) is 18.8. The van der Waals surface area contributed by atoms with Crippen LogP contribution in [-0.2, 0) is 11.3 Å². The summed E-state index contributed by atoms with van der Waals surface area (Å²) in [5.74, 6) is 0.325. The van der Waals surface area contributed by atoms with Crippen LogP contribution in [0.4, 0.5) is 0 Å². The number of hydrogen-bond acceptors (Lipinski definition) is 5. The van der Waals surface area contributed by atoms with E-state index >= 15 is 0 Å². The van der Waals surface area contributed by atoms with Crippen LogP contribution in [0.25, 0.3) is 10.8 Å². The van der Waals surface area contributed by atoms with Gasteiger partial charge < -0.3 is 14.0 Å². The average molecular weight is 365 g/mol. The van der Waals surface area contributed by atoms with Crippen LogP contribution in [0.1, 0.15) is 34.6 Å². The van der Waals surface area contributed by atoms with E-state index in [2.05, 4.69) is 14.8 Å². The number of nitrogens with zero attached hydrogens (tertiary/aromatic N) is 3. The van der Waals surface area contributed by atoms with Gasteiger partial charge in [-0.2, -0.15) is 5.10 Å². The maximum atomic E-state index is 12.8. The van der Waals surface area contributed by atoms with Crippen molar-refractivity contribution in [2.24, 2.45) is 0 Å². The van der Waals surface area contributed by atoms with Crippen LogP contribution >= 0.6 is 0 Å². The van der Waals surface area contributed by atoms with Gasteiger partial charge in [0.1, 0.15) is 0 Å². The molecule has 4 rings (SSSR count). The minimum absolute atomic E-state index is 0.0589. The summed E-state index contributed by atoms with van der Waals surface area (Å²) >= 11 is 0. The number of fused-ring (bicyclic) bond motifs is 1. The molecule has 3 aromatic rings. The van der Waals surface area contributed by atoms with Gasteiger partial charge in [0.05, 0.1) is 12.3 Å². The molecule has 0 spiro atoms. The Balaban J connectivity index is 1.49. The number of carbonyl (C=O) groups is 1. The van der Waals surface area contributed by atoms with Crippen LogP contribution in [0.3, 0.4) is 0 Å². The van der Waals surface area contributed by atoms with Crippen LogP contribution in [-0.4, -0.2) is 39.9 Å². The molecule has 0 N–H and O–H groups in total. The van der Waals surface area contributed by atoms with Crippen molar-refractivity contribution < 1.29 is 14.3 Å². The highest BCUT2D eigenvalue weighted by Crippen LogP contribution is 2.23. The van der Waals surface area contributed by atoms with Crippen LogP contribution in [0, 0.1) is 13.8 Å². The Labute approximate surface area is 158 Å². The second-order valence-electron chi connectivity index (χ2n) is 6.98. The third-order valence-electron chi connectivity index (χ3n) is 5.16. The van der Waals surface area contributed by atoms with Crippen LogP contribution in [0.5, 0.6) is 5.88 Å². The molecular weight excluding hydrogens is 342 g/mol. The van der Waals surface area contributed by atoms with Gasteiger partial charge in [0, 0.05) is 40.9 Å². The van der Waals surface area contributed by atoms with Crippen molar-refractivity contribution in [2.45, 2.75) is 39.3 Å². The highest BCUT2D eigenvalue weighted by atomic mass is 16.5. The molecule has 0 amide bonds. The Morgan fingerprint density at radius 1 is 1.33 bits per heavy atom. The first-order valence-corrected chi connectivity index (χ1v) is 9.28. The lowest BCUT2D eigenvalue weighted by Crippen LogP contribution is -2.18. The summed E-state index contributed by atoms with van der Waals surface area (Å²) in [6, 6.07) is 9.64. The largest absolute Gasteiger partial charge is 0.468 e. The highest BCUT2D eigenvalue weighted by Gasteiger charge is 2.21. The zero-order valence-corrected chi connectivity index (χ0v) is 15.6. The molecule has 2 aromatic heterocycles. The highest BCUT2D eigenvalue weighted by molar-refractivity contribution is 5.99. The summed E-state index contributed by atoms with van der Waals surface area (Å²) in [6.07, 6.45) is 4.10. The van der Waals surface area contributed by atoms with E-state index in [1.54, 1.807) is 6.20 Å². The molecule has 0 bridgehead atoms. The molecular formula is C21H23N3O3. The van der Waals surface area contributed by atoms with Crippen molar-refractivity contribution in [3.8, 4) is 5.88 Å². The first kappa shape index (κ1) is 17.7. The zero-order valence-electron chi connectivity index (χ0n) is 15.6. The maximum Gasteiger partial charge on any atom is 0.241 e. The molecule has 6 heteroatoms. The predicted molar refractivity (Wildman–Crippen MR) is 102 cm³/mol. The summed E-state index contributed by atoms with van der Waals surface area (Å²) in [5.41, 5.74) is 2.72. The molecule has 3 heterocycles. The molecule has 1 aliphatic rings. The third kappa shape index (κ3) is 3.57. The second-order valence-corrected chi connectivity index (χ2v) is 6.98. The van der Waals surface area contributed by atoms with E-state index < -0.39 is 0 Å². The Morgan fingerprint density at radius 3 is 3.00 bits per heavy atom. The minimum Gasteiger partial charge on any atom is -0.468 e. The Bertz CT molecular complexity index is 969. The van der Waals surface area contributed by atoms with E-state index in [0.29, 0.717) is 11.4 Å². The molecule has 0 aliphatic carbocycles. The summed E-state index contributed by atoms with van der Waals surface area (Å²) in [6.45, 7) is 5.56. The average Bonchev–Trinajstić information content (AvgIpc) is 3.30. The lowest BCUT2D eigenvalue weighted by molar-refractivity contribution is 0.0912. The normalized spacial score (nSPS) is 16.7. The lowest BCUT2D eigenvalue weighted by atomic mass is 10.1. The van der Waals surface area contributed by atoms with Crippen molar-refractivity contribution in [2.75, 3.05) is 13.2 Å². The molecule has 1 atom stereocenters. The van der Waals surface area contributed by atoms with Crippen molar-refractivity contribution in [3.63, 3.8) is 0 Å². The molecule has 1 unspecified atom stereocenters. The van der Waals surface area contributed by atoms with E-state index in [4.69, 9.17) is 9.47 Å². The fraction of sp³-hybridized carbons (Fsp3) is 0.381. The van der Waals surface area contributed by atoms with Gasteiger partial charge in [-0.05, 0) is 38.8 Å². The number of rotatable bonds is 6. The third-order valence-corrected chi connectivity index (χ3v) is 5.16. The Hall–Kier alpha value is -2.73. The van der Waals surface area contributed by atoms with E-state index in [1.807, 2.05) is 44.2 Å². The Kier molecular flexibility index (Phi) is 4.90. The molecule has 140 valence electrons. The second kappa shape index (κ2) is 7.48. The van der Waals surface area contributed by atoms with Gasteiger partial charge in [0.2, 0.25) is 11.7 Å². The first-order chi connectivity index (χ1) is 13.1. The number of aromatic nitrogens is 3. The smallest absolute Gasteiger partial charge is 0.241 e. The van der Waals surface area contributed by atoms with E-state index in [9.17, 15) is 4.79 Å². The van der Waals surface area contributed by atoms with Crippen molar-refractivity contribution in [1.82, 2.24) is 14.8 Å². The predicted octanol–water partition coefficient (Wildman–Crippen LogP) is 3.49. The molecule has 1 aromatic carbocycles. The van der Waals surface area contributed by atoms with Gasteiger partial charge in [0.25, 0.3) is 0 Å². The number of ketones is 1. The standard InChI is InChI=1S/C21H23N3O3/c1-14-10-19(15(2)24(14)12-17-7-5-9-26-17)20(25)13-27-21-18-8-4-3-6-16(18)11-22-23-21/h3-4,6,8,10-11,17H,5,7,9,12-13H2,1-2H3. The van der Waals surface area contributed by atoms with Crippen molar-refractivity contribution in [3.05, 3.63) is 53.5 Å². The fourth-order valence-electron chi connectivity index (χ4n) is 3.68.